The summed E-state index contributed by atoms with van der Waals surface area (Å²) in [5.74, 6) is 1.21. The van der Waals surface area contributed by atoms with E-state index in [1.54, 1.807) is 0 Å². The van der Waals surface area contributed by atoms with Crippen molar-refractivity contribution in [2.75, 3.05) is 0 Å². The Labute approximate surface area is 99.8 Å². The van der Waals surface area contributed by atoms with Crippen molar-refractivity contribution >= 4 is 45.2 Å². The van der Waals surface area contributed by atoms with E-state index < -0.39 is 0 Å². The molecular weight excluding hydrogens is 374 g/mol. The number of hydrogen-bond acceptors (Lipinski definition) is 0. The van der Waals surface area contributed by atoms with Crippen LogP contribution in [0.5, 0.6) is 0 Å². The summed E-state index contributed by atoms with van der Waals surface area (Å²) >= 11 is 4.86. The summed E-state index contributed by atoms with van der Waals surface area (Å²) in [5, 5.41) is 0. The molecule has 0 bridgehead atoms. The minimum absolute atomic E-state index is 0.604. The molecule has 2 unspecified atom stereocenters. The van der Waals surface area contributed by atoms with Gasteiger partial charge in [-0.3, -0.25) is 0 Å². The lowest BCUT2D eigenvalue weighted by molar-refractivity contribution is 0.652. The Morgan fingerprint density at radius 3 is 1.67 bits per heavy atom. The monoisotopic (exact) mass is 382 g/mol. The molecule has 62 valence electrons. The third-order valence-corrected chi connectivity index (χ3v) is 4.33. The summed E-state index contributed by atoms with van der Waals surface area (Å²) in [6, 6.07) is 0. The molecule has 0 aliphatic heterocycles. The summed E-state index contributed by atoms with van der Waals surface area (Å²) in [6.45, 7) is 0. The lowest BCUT2D eigenvalue weighted by Gasteiger charge is -2.26. The highest BCUT2D eigenvalue weighted by atomic mass is 127. The Kier molecular flexibility index (Phi) is 2.74. The van der Waals surface area contributed by atoms with E-state index in [1.807, 2.05) is 0 Å². The van der Waals surface area contributed by atoms with Gasteiger partial charge in [0.15, 0.2) is 0 Å². The van der Waals surface area contributed by atoms with Crippen molar-refractivity contribution in [2.24, 2.45) is 11.8 Å². The molecule has 0 heterocycles. The van der Waals surface area contributed by atoms with Crippen LogP contribution in [0, 0.1) is 11.8 Å². The van der Waals surface area contributed by atoms with Gasteiger partial charge in [0, 0.05) is 11.8 Å². The molecule has 0 saturated carbocycles. The third-order valence-electron chi connectivity index (χ3n) is 2.17. The van der Waals surface area contributed by atoms with Gasteiger partial charge in [0.1, 0.15) is 0 Å². The zero-order valence-corrected chi connectivity index (χ0v) is 10.7. The van der Waals surface area contributed by atoms with Gasteiger partial charge >= 0.3 is 0 Å². The van der Waals surface area contributed by atoms with E-state index in [0.717, 1.165) is 0 Å². The topological polar surface area (TPSA) is 0 Å². The maximum absolute atomic E-state index is 2.43. The zero-order valence-electron chi connectivity index (χ0n) is 6.37. The summed E-state index contributed by atoms with van der Waals surface area (Å²) in [7, 11) is 0. The maximum Gasteiger partial charge on any atom is 0.0187 e. The van der Waals surface area contributed by atoms with Crippen molar-refractivity contribution in [1.82, 2.24) is 0 Å². The molecule has 0 fully saturated rings. The molecule has 0 aromatic heterocycles. The molecule has 0 saturated heterocycles. The lowest BCUT2D eigenvalue weighted by Crippen LogP contribution is -2.15. The van der Waals surface area contributed by atoms with Crippen LogP contribution in [0.25, 0.3) is 0 Å². The van der Waals surface area contributed by atoms with Gasteiger partial charge in [-0.15, -0.1) is 0 Å². The minimum Gasteiger partial charge on any atom is -0.0756 e. The molecule has 0 spiro atoms. The molecule has 0 aromatic rings. The Morgan fingerprint density at radius 2 is 1.25 bits per heavy atom. The van der Waals surface area contributed by atoms with Crippen molar-refractivity contribution in [1.29, 1.82) is 0 Å². The molecular formula is C10H8I2. The molecule has 12 heavy (non-hydrogen) atoms. The van der Waals surface area contributed by atoms with Crippen molar-refractivity contribution in [2.45, 2.75) is 0 Å². The molecule has 2 aliphatic rings. The second-order valence-corrected chi connectivity index (χ2v) is 5.42. The first kappa shape index (κ1) is 8.99. The van der Waals surface area contributed by atoms with Crippen LogP contribution in [0.2, 0.25) is 0 Å². The van der Waals surface area contributed by atoms with Crippen LogP contribution < -0.4 is 0 Å². The molecule has 2 rings (SSSR count). The van der Waals surface area contributed by atoms with Gasteiger partial charge in [-0.25, -0.2) is 0 Å². The Bertz CT molecular complexity index is 276. The summed E-state index contributed by atoms with van der Waals surface area (Å²) in [6.07, 6.45) is 13.3. The summed E-state index contributed by atoms with van der Waals surface area (Å²) < 4.78 is 2.89. The van der Waals surface area contributed by atoms with Crippen molar-refractivity contribution in [3.8, 4) is 0 Å². The Morgan fingerprint density at radius 1 is 0.833 bits per heavy atom. The Balaban J connectivity index is 2.38. The van der Waals surface area contributed by atoms with Gasteiger partial charge in [-0.2, -0.15) is 0 Å². The van der Waals surface area contributed by atoms with E-state index in [9.17, 15) is 0 Å². The third kappa shape index (κ3) is 1.55. The normalized spacial score (nSPS) is 32.5. The first-order valence-electron chi connectivity index (χ1n) is 3.87. The summed E-state index contributed by atoms with van der Waals surface area (Å²) in [4.78, 5) is 0. The number of rotatable bonds is 0. The molecule has 0 radical (unpaired) electrons. The van der Waals surface area contributed by atoms with Crippen molar-refractivity contribution < 1.29 is 0 Å². The van der Waals surface area contributed by atoms with Gasteiger partial charge in [-0.1, -0.05) is 36.5 Å². The second kappa shape index (κ2) is 3.65. The van der Waals surface area contributed by atoms with Gasteiger partial charge in [0.05, 0.1) is 0 Å². The van der Waals surface area contributed by atoms with Crippen LogP contribution in [0.4, 0.5) is 0 Å². The zero-order chi connectivity index (χ0) is 8.55. The molecule has 2 aliphatic carbocycles. The first-order chi connectivity index (χ1) is 5.79. The van der Waals surface area contributed by atoms with Crippen LogP contribution in [0.1, 0.15) is 0 Å². The van der Waals surface area contributed by atoms with Crippen LogP contribution in [-0.2, 0) is 0 Å². The van der Waals surface area contributed by atoms with Crippen LogP contribution >= 0.6 is 45.2 Å². The number of fused-ring (bicyclic) bond motifs is 1. The maximum atomic E-state index is 2.43. The average Bonchev–Trinajstić information content (AvgIpc) is 2.12. The van der Waals surface area contributed by atoms with Crippen LogP contribution in [-0.4, -0.2) is 0 Å². The lowest BCUT2D eigenvalue weighted by atomic mass is 9.85. The minimum atomic E-state index is 0.604. The quantitative estimate of drug-likeness (QED) is 0.556. The van der Waals surface area contributed by atoms with E-state index >= 15 is 0 Å². The Hall–Kier alpha value is 0.420. The molecule has 0 nitrogen and oxygen atoms in total. The molecule has 2 heteroatoms. The van der Waals surface area contributed by atoms with Gasteiger partial charge in [0.2, 0.25) is 0 Å². The largest absolute Gasteiger partial charge is 0.0756 e. The summed E-state index contributed by atoms with van der Waals surface area (Å²) in [5.41, 5.74) is 0. The highest BCUT2D eigenvalue weighted by Crippen LogP contribution is 2.40. The predicted molar refractivity (Wildman–Crippen MR) is 69.5 cm³/mol. The van der Waals surface area contributed by atoms with Crippen molar-refractivity contribution in [3.05, 3.63) is 43.6 Å². The average molecular weight is 382 g/mol. The fourth-order valence-electron chi connectivity index (χ4n) is 1.52. The van der Waals surface area contributed by atoms with Crippen molar-refractivity contribution in [3.63, 3.8) is 0 Å². The van der Waals surface area contributed by atoms with E-state index in [-0.39, 0.29) is 0 Å². The fraction of sp³-hybridized carbons (Fsp3) is 0.200. The van der Waals surface area contributed by atoms with E-state index in [0.29, 0.717) is 11.8 Å². The molecule has 2 atom stereocenters. The molecule has 0 N–H and O–H groups in total. The van der Waals surface area contributed by atoms with Gasteiger partial charge in [-0.05, 0) is 52.3 Å². The highest BCUT2D eigenvalue weighted by molar-refractivity contribution is 14.1. The first-order valence-corrected chi connectivity index (χ1v) is 6.02. The SMILES string of the molecule is IC1=CC=C(I)C2C=CC=CC12. The predicted octanol–water partition coefficient (Wildman–Crippen LogP) is 4.00. The molecule has 0 aromatic carbocycles. The van der Waals surface area contributed by atoms with E-state index in [1.165, 1.54) is 7.16 Å². The fourth-order valence-corrected chi connectivity index (χ4v) is 3.07. The van der Waals surface area contributed by atoms with Crippen LogP contribution in [0.15, 0.2) is 43.6 Å². The number of hydrogen-bond donors (Lipinski definition) is 0. The second-order valence-electron chi connectivity index (χ2n) is 2.92. The number of halogens is 2. The van der Waals surface area contributed by atoms with E-state index in [4.69, 9.17) is 0 Å². The van der Waals surface area contributed by atoms with Crippen LogP contribution in [0.3, 0.4) is 0 Å². The standard InChI is InChI=1S/C10H8I2/c11-9-5-6-10(12)8-4-2-1-3-7(8)9/h1-8H. The smallest absolute Gasteiger partial charge is 0.0187 e. The molecule has 0 amide bonds. The van der Waals surface area contributed by atoms with Gasteiger partial charge in [0.25, 0.3) is 0 Å². The highest BCUT2D eigenvalue weighted by Gasteiger charge is 2.25. The van der Waals surface area contributed by atoms with E-state index in [2.05, 4.69) is 81.6 Å². The van der Waals surface area contributed by atoms with Gasteiger partial charge < -0.3 is 0 Å². The number of allylic oxidation sites excluding steroid dienone is 8.